The van der Waals surface area contributed by atoms with Gasteiger partial charge in [-0.3, -0.25) is 4.79 Å². The van der Waals surface area contributed by atoms with Crippen molar-refractivity contribution >= 4 is 22.5 Å². The number of carbonyl (C=O) groups excluding carboxylic acids is 1. The summed E-state index contributed by atoms with van der Waals surface area (Å²) in [5, 5.41) is 18.6. The smallest absolute Gasteiger partial charge is 0.295 e. The zero-order valence-electron chi connectivity index (χ0n) is 15.9. The van der Waals surface area contributed by atoms with E-state index in [9.17, 15) is 9.90 Å². The van der Waals surface area contributed by atoms with Crippen LogP contribution in [0.4, 0.5) is 5.69 Å². The van der Waals surface area contributed by atoms with Crippen LogP contribution in [0.15, 0.2) is 52.7 Å². The van der Waals surface area contributed by atoms with Crippen molar-refractivity contribution in [1.82, 2.24) is 4.98 Å². The quantitative estimate of drug-likeness (QED) is 0.568. The molecule has 3 rings (SSSR count). The van der Waals surface area contributed by atoms with Gasteiger partial charge in [-0.05, 0) is 61.7 Å². The fourth-order valence-corrected chi connectivity index (χ4v) is 2.74. The highest BCUT2D eigenvalue weighted by molar-refractivity contribution is 5.97. The molecule has 140 valence electrons. The number of nitrogens with zero attached hydrogens (tertiary/aromatic N) is 2. The van der Waals surface area contributed by atoms with Crippen LogP contribution in [0.3, 0.4) is 0 Å². The van der Waals surface area contributed by atoms with Crippen LogP contribution in [0.25, 0.3) is 10.9 Å². The predicted molar refractivity (Wildman–Crippen MR) is 105 cm³/mol. The topological polar surface area (TPSA) is 87.0 Å². The first-order chi connectivity index (χ1) is 12.8. The molecule has 0 unspecified atom stereocenters. The molecule has 0 aliphatic carbocycles. The summed E-state index contributed by atoms with van der Waals surface area (Å²) >= 11 is 0. The molecule has 3 aromatic rings. The van der Waals surface area contributed by atoms with Crippen LogP contribution in [0.1, 0.15) is 49.5 Å². The highest BCUT2D eigenvalue weighted by atomic mass is 16.5. The van der Waals surface area contributed by atoms with Crippen LogP contribution in [-0.2, 0) is 0 Å². The molecule has 0 fully saturated rings. The van der Waals surface area contributed by atoms with E-state index in [1.54, 1.807) is 24.3 Å². The number of ether oxygens (including phenoxy) is 1. The first-order valence-electron chi connectivity index (χ1n) is 8.92. The molecule has 0 radical (unpaired) electrons. The molecule has 1 amide bonds. The molecule has 0 saturated heterocycles. The lowest BCUT2D eigenvalue weighted by atomic mass is 10.0. The molecule has 0 aliphatic heterocycles. The molecule has 0 spiro atoms. The Bertz CT molecular complexity index is 986. The molecule has 2 N–H and O–H groups in total. The summed E-state index contributed by atoms with van der Waals surface area (Å²) in [6.07, 6.45) is 0.0619. The molecule has 27 heavy (non-hydrogen) atoms. The summed E-state index contributed by atoms with van der Waals surface area (Å²) in [4.78, 5) is 15.2. The Hall–Kier alpha value is -3.15. The van der Waals surface area contributed by atoms with Crippen molar-refractivity contribution in [1.29, 1.82) is 0 Å². The molecule has 6 heteroatoms. The number of amides is 1. The van der Waals surface area contributed by atoms with E-state index in [1.807, 2.05) is 32.0 Å². The second-order valence-electron chi connectivity index (χ2n) is 6.98. The van der Waals surface area contributed by atoms with E-state index in [4.69, 9.17) is 4.74 Å². The van der Waals surface area contributed by atoms with Gasteiger partial charge in [0.15, 0.2) is 5.69 Å². The van der Waals surface area contributed by atoms with Crippen molar-refractivity contribution in [2.75, 3.05) is 0 Å². The second-order valence-corrected chi connectivity index (χ2v) is 6.98. The van der Waals surface area contributed by atoms with Crippen molar-refractivity contribution < 1.29 is 14.6 Å². The van der Waals surface area contributed by atoms with Crippen molar-refractivity contribution in [3.8, 4) is 11.6 Å². The van der Waals surface area contributed by atoms with Gasteiger partial charge >= 0.3 is 0 Å². The number of aromatic amines is 1. The fourth-order valence-electron chi connectivity index (χ4n) is 2.74. The molecular weight excluding hydrogens is 342 g/mol. The molecule has 1 aromatic heterocycles. The van der Waals surface area contributed by atoms with Crippen molar-refractivity contribution in [2.24, 2.45) is 10.2 Å². The third kappa shape index (κ3) is 4.16. The summed E-state index contributed by atoms with van der Waals surface area (Å²) < 4.78 is 5.56. The minimum absolute atomic E-state index is 0.0619. The van der Waals surface area contributed by atoms with E-state index in [-0.39, 0.29) is 17.7 Å². The Morgan fingerprint density at radius 3 is 2.41 bits per heavy atom. The first-order valence-corrected chi connectivity index (χ1v) is 8.92. The zero-order valence-corrected chi connectivity index (χ0v) is 15.9. The maximum absolute atomic E-state index is 12.3. The van der Waals surface area contributed by atoms with E-state index >= 15 is 0 Å². The number of H-pyrrole nitrogens is 1. The summed E-state index contributed by atoms with van der Waals surface area (Å²) in [5.41, 5.74) is 2.52. The number of aromatic nitrogens is 1. The lowest BCUT2D eigenvalue weighted by molar-refractivity contribution is 0.0995. The van der Waals surface area contributed by atoms with E-state index in [2.05, 4.69) is 29.1 Å². The number of hydrogen-bond donors (Lipinski definition) is 2. The van der Waals surface area contributed by atoms with Gasteiger partial charge in [0.1, 0.15) is 5.75 Å². The predicted octanol–water partition coefficient (Wildman–Crippen LogP) is 5.71. The molecule has 0 saturated carbocycles. The molecule has 0 bridgehead atoms. The highest BCUT2D eigenvalue weighted by Gasteiger charge is 2.13. The van der Waals surface area contributed by atoms with Gasteiger partial charge in [0, 0.05) is 10.9 Å². The summed E-state index contributed by atoms with van der Waals surface area (Å²) in [5.74, 6) is 0.432. The van der Waals surface area contributed by atoms with Crippen molar-refractivity contribution in [3.63, 3.8) is 0 Å². The average Bonchev–Trinajstić information content (AvgIpc) is 2.94. The Kier molecular flexibility index (Phi) is 5.26. The van der Waals surface area contributed by atoms with Crippen LogP contribution in [0.2, 0.25) is 0 Å². The van der Waals surface area contributed by atoms with Crippen LogP contribution in [0.5, 0.6) is 11.6 Å². The van der Waals surface area contributed by atoms with E-state index in [0.29, 0.717) is 17.2 Å². The lowest BCUT2D eigenvalue weighted by Gasteiger charge is -2.09. The number of rotatable bonds is 5. The molecular formula is C21H23N3O3. The summed E-state index contributed by atoms with van der Waals surface area (Å²) in [7, 11) is 0. The Morgan fingerprint density at radius 2 is 1.78 bits per heavy atom. The molecule has 2 aromatic carbocycles. The number of aromatic hydroxyl groups is 1. The van der Waals surface area contributed by atoms with Gasteiger partial charge < -0.3 is 14.8 Å². The average molecular weight is 365 g/mol. The lowest BCUT2D eigenvalue weighted by Crippen LogP contribution is -2.05. The third-order valence-corrected chi connectivity index (χ3v) is 4.16. The molecule has 1 heterocycles. The highest BCUT2D eigenvalue weighted by Crippen LogP contribution is 2.37. The maximum Gasteiger partial charge on any atom is 0.295 e. The van der Waals surface area contributed by atoms with Gasteiger partial charge in [-0.25, -0.2) is 0 Å². The minimum atomic E-state index is -0.486. The number of fused-ring (bicyclic) bond motifs is 1. The van der Waals surface area contributed by atoms with Gasteiger partial charge in [0.2, 0.25) is 5.88 Å². The number of nitrogens with one attached hydrogen (secondary N) is 1. The Morgan fingerprint density at radius 1 is 1.07 bits per heavy atom. The van der Waals surface area contributed by atoms with Crippen LogP contribution in [-0.4, -0.2) is 22.1 Å². The van der Waals surface area contributed by atoms with Gasteiger partial charge in [0.05, 0.1) is 11.6 Å². The van der Waals surface area contributed by atoms with Gasteiger partial charge in [-0.1, -0.05) is 19.9 Å². The van der Waals surface area contributed by atoms with E-state index < -0.39 is 5.91 Å². The van der Waals surface area contributed by atoms with Crippen molar-refractivity contribution in [3.05, 3.63) is 53.6 Å². The number of hydrogen-bond acceptors (Lipinski definition) is 4. The first kappa shape index (κ1) is 18.6. The standard InChI is InChI=1S/C21H23N3O3/c1-12(2)15-7-10-18-17(11-15)19(21(26)22-18)23-24-20(25)14-5-8-16(9-6-14)27-13(3)4/h5-13,22,26H,1-4H3. The normalized spacial score (nSPS) is 11.8. The molecule has 6 nitrogen and oxygen atoms in total. The number of carbonyl (C=O) groups is 1. The van der Waals surface area contributed by atoms with E-state index in [0.717, 1.165) is 16.5 Å². The van der Waals surface area contributed by atoms with Crippen LogP contribution < -0.4 is 4.74 Å². The fraction of sp³-hybridized carbons (Fsp3) is 0.286. The van der Waals surface area contributed by atoms with Crippen LogP contribution in [0, 0.1) is 0 Å². The monoisotopic (exact) mass is 365 g/mol. The van der Waals surface area contributed by atoms with Gasteiger partial charge in [-0.2, -0.15) is 0 Å². The number of azo groups is 1. The van der Waals surface area contributed by atoms with Gasteiger partial charge in [-0.15, -0.1) is 10.2 Å². The Balaban J connectivity index is 1.85. The largest absolute Gasteiger partial charge is 0.493 e. The van der Waals surface area contributed by atoms with E-state index in [1.165, 1.54) is 0 Å². The van der Waals surface area contributed by atoms with Crippen LogP contribution >= 0.6 is 0 Å². The third-order valence-electron chi connectivity index (χ3n) is 4.16. The van der Waals surface area contributed by atoms with Gasteiger partial charge in [0.25, 0.3) is 5.91 Å². The summed E-state index contributed by atoms with van der Waals surface area (Å²) in [6, 6.07) is 12.6. The number of benzene rings is 2. The SMILES string of the molecule is CC(C)Oc1ccc(C(=O)N=Nc2c(O)[nH]c3ccc(C(C)C)cc23)cc1. The zero-order chi connectivity index (χ0) is 19.6. The molecule has 0 aliphatic rings. The minimum Gasteiger partial charge on any atom is -0.493 e. The van der Waals surface area contributed by atoms with Crippen molar-refractivity contribution in [2.45, 2.75) is 39.7 Å². The maximum atomic E-state index is 12.3. The second kappa shape index (κ2) is 7.61. The Labute approximate surface area is 157 Å². The molecule has 0 atom stereocenters. The summed E-state index contributed by atoms with van der Waals surface area (Å²) in [6.45, 7) is 8.05.